The van der Waals surface area contributed by atoms with Crippen LogP contribution in [0.1, 0.15) is 43.6 Å². The molecule has 1 aliphatic rings. The van der Waals surface area contributed by atoms with Gasteiger partial charge in [0.1, 0.15) is 5.82 Å². The monoisotopic (exact) mass is 427 g/mol. The first-order valence-electron chi connectivity index (χ1n) is 9.94. The lowest BCUT2D eigenvalue weighted by molar-refractivity contribution is -0.122. The van der Waals surface area contributed by atoms with Crippen molar-refractivity contribution in [3.05, 3.63) is 65.1 Å². The van der Waals surface area contributed by atoms with Crippen LogP contribution >= 0.6 is 11.6 Å². The van der Waals surface area contributed by atoms with Crippen molar-refractivity contribution in [2.75, 3.05) is 11.1 Å². The Labute approximate surface area is 179 Å². The fourth-order valence-electron chi connectivity index (χ4n) is 4.27. The van der Waals surface area contributed by atoms with Crippen molar-refractivity contribution in [1.82, 2.24) is 4.98 Å². The van der Waals surface area contributed by atoms with Crippen LogP contribution in [0.4, 0.5) is 15.8 Å². The highest BCUT2D eigenvalue weighted by Crippen LogP contribution is 2.41. The summed E-state index contributed by atoms with van der Waals surface area (Å²) in [6, 6.07) is 11.4. The summed E-state index contributed by atoms with van der Waals surface area (Å²) in [6.07, 6.45) is 4.10. The molecule has 4 rings (SSSR count). The van der Waals surface area contributed by atoms with Gasteiger partial charge in [-0.25, -0.2) is 4.39 Å². The highest BCUT2D eigenvalue weighted by Gasteiger charge is 2.36. The van der Waals surface area contributed by atoms with Crippen LogP contribution in [-0.2, 0) is 4.79 Å². The number of fused-ring (bicyclic) bond motifs is 1. The van der Waals surface area contributed by atoms with Crippen molar-refractivity contribution in [1.29, 1.82) is 0 Å². The minimum absolute atomic E-state index is 0.0165. The number of rotatable bonds is 4. The zero-order valence-electron chi connectivity index (χ0n) is 16.4. The number of nitrogen functional groups attached to an aromatic ring is 1. The minimum atomic E-state index is -1.08. The van der Waals surface area contributed by atoms with Gasteiger partial charge < -0.3 is 16.2 Å². The predicted octanol–water partition coefficient (Wildman–Crippen LogP) is 5.03. The smallest absolute Gasteiger partial charge is 0.227 e. The Bertz CT molecular complexity index is 1100. The molecular weight excluding hydrogens is 405 g/mol. The van der Waals surface area contributed by atoms with Gasteiger partial charge >= 0.3 is 0 Å². The van der Waals surface area contributed by atoms with Crippen molar-refractivity contribution >= 4 is 39.8 Å². The molecule has 156 valence electrons. The largest absolute Gasteiger partial charge is 0.397 e. The summed E-state index contributed by atoms with van der Waals surface area (Å²) < 4.78 is 13.8. The van der Waals surface area contributed by atoms with Crippen molar-refractivity contribution in [2.24, 2.45) is 0 Å². The van der Waals surface area contributed by atoms with Crippen LogP contribution in [0.2, 0.25) is 5.02 Å². The van der Waals surface area contributed by atoms with Gasteiger partial charge in [-0.2, -0.15) is 0 Å². The molecular formula is C23H23ClFN3O2. The van der Waals surface area contributed by atoms with Gasteiger partial charge in [-0.1, -0.05) is 11.6 Å². The van der Waals surface area contributed by atoms with Gasteiger partial charge in [0.05, 0.1) is 28.9 Å². The normalized spacial score (nSPS) is 21.5. The maximum atomic E-state index is 13.8. The number of benzene rings is 2. The standard InChI is InChI=1S/C23H23ClFN3O2/c24-15-1-3-19(26)21(11-15)28-22(29)13-23(30)8-5-14(6-9-23)17-7-10-27-20-4-2-16(25)12-18(17)20/h1-4,7,10-12,14,30H,5-6,8-9,13,26H2,(H,28,29). The molecule has 0 saturated heterocycles. The maximum absolute atomic E-state index is 13.8. The number of aromatic nitrogens is 1. The Kier molecular flexibility index (Phi) is 5.62. The number of carbonyl (C=O) groups is 1. The van der Waals surface area contributed by atoms with Crippen molar-refractivity contribution < 1.29 is 14.3 Å². The summed E-state index contributed by atoms with van der Waals surface area (Å²) in [5.74, 6) is -0.411. The molecule has 0 bridgehead atoms. The topological polar surface area (TPSA) is 88.2 Å². The van der Waals surface area contributed by atoms with E-state index in [-0.39, 0.29) is 24.1 Å². The van der Waals surface area contributed by atoms with Crippen LogP contribution in [0, 0.1) is 5.82 Å². The van der Waals surface area contributed by atoms with Gasteiger partial charge in [0.2, 0.25) is 5.91 Å². The second-order valence-corrected chi connectivity index (χ2v) is 8.45. The molecule has 0 radical (unpaired) electrons. The molecule has 0 aliphatic heterocycles. The molecule has 7 heteroatoms. The number of amides is 1. The first-order valence-corrected chi connectivity index (χ1v) is 10.3. The molecule has 1 aromatic heterocycles. The number of carbonyl (C=O) groups excluding carboxylic acids is 1. The van der Waals surface area contributed by atoms with Gasteiger partial charge in [0.25, 0.3) is 0 Å². The third-order valence-corrected chi connectivity index (χ3v) is 6.11. The first kappa shape index (κ1) is 20.6. The fraction of sp³-hybridized carbons (Fsp3) is 0.304. The number of aliphatic hydroxyl groups is 1. The van der Waals surface area contributed by atoms with E-state index in [2.05, 4.69) is 10.3 Å². The molecule has 0 spiro atoms. The summed E-state index contributed by atoms with van der Waals surface area (Å²) in [5.41, 5.74) is 7.45. The lowest BCUT2D eigenvalue weighted by Gasteiger charge is -2.36. The van der Waals surface area contributed by atoms with Gasteiger partial charge in [0, 0.05) is 16.6 Å². The minimum Gasteiger partial charge on any atom is -0.397 e. The van der Waals surface area contributed by atoms with E-state index in [1.165, 1.54) is 12.1 Å². The highest BCUT2D eigenvalue weighted by atomic mass is 35.5. The lowest BCUT2D eigenvalue weighted by atomic mass is 9.74. The molecule has 2 aromatic carbocycles. The third kappa shape index (κ3) is 4.40. The average Bonchev–Trinajstić information content (AvgIpc) is 2.70. The summed E-state index contributed by atoms with van der Waals surface area (Å²) in [7, 11) is 0. The van der Waals surface area contributed by atoms with Crippen molar-refractivity contribution in [3.63, 3.8) is 0 Å². The molecule has 1 aliphatic carbocycles. The number of pyridine rings is 1. The lowest BCUT2D eigenvalue weighted by Crippen LogP contribution is -2.37. The average molecular weight is 428 g/mol. The number of hydrogen-bond acceptors (Lipinski definition) is 4. The molecule has 0 atom stereocenters. The van der Waals surface area contributed by atoms with E-state index in [4.69, 9.17) is 17.3 Å². The van der Waals surface area contributed by atoms with Gasteiger partial charge in [-0.05, 0) is 79.6 Å². The molecule has 1 heterocycles. The Balaban J connectivity index is 1.43. The number of anilines is 2. The van der Waals surface area contributed by atoms with Crippen LogP contribution in [0.15, 0.2) is 48.7 Å². The molecule has 30 heavy (non-hydrogen) atoms. The number of hydrogen-bond donors (Lipinski definition) is 3. The Morgan fingerprint density at radius 3 is 2.77 bits per heavy atom. The number of halogens is 2. The molecule has 1 saturated carbocycles. The van der Waals surface area contributed by atoms with Crippen LogP contribution in [0.5, 0.6) is 0 Å². The quantitative estimate of drug-likeness (QED) is 0.509. The molecule has 0 unspecified atom stereocenters. The van der Waals surface area contributed by atoms with E-state index >= 15 is 0 Å². The van der Waals surface area contributed by atoms with Crippen LogP contribution < -0.4 is 11.1 Å². The first-order chi connectivity index (χ1) is 14.3. The van der Waals surface area contributed by atoms with E-state index in [1.807, 2.05) is 6.07 Å². The summed E-state index contributed by atoms with van der Waals surface area (Å²) in [6.45, 7) is 0. The van der Waals surface area contributed by atoms with Crippen LogP contribution in [0.25, 0.3) is 10.9 Å². The zero-order chi connectivity index (χ0) is 21.3. The Morgan fingerprint density at radius 2 is 2.00 bits per heavy atom. The van der Waals surface area contributed by atoms with E-state index in [1.54, 1.807) is 30.5 Å². The van der Waals surface area contributed by atoms with Crippen molar-refractivity contribution in [3.8, 4) is 0 Å². The second kappa shape index (κ2) is 8.20. The highest BCUT2D eigenvalue weighted by molar-refractivity contribution is 6.31. The number of nitrogens with zero attached hydrogens (tertiary/aromatic N) is 1. The van der Waals surface area contributed by atoms with E-state index in [9.17, 15) is 14.3 Å². The molecule has 5 nitrogen and oxygen atoms in total. The number of nitrogens with two attached hydrogens (primary N) is 1. The summed E-state index contributed by atoms with van der Waals surface area (Å²) in [5, 5.41) is 15.0. The SMILES string of the molecule is Nc1ccc(Cl)cc1NC(=O)CC1(O)CCC(c2ccnc3ccc(F)cc23)CC1. The van der Waals surface area contributed by atoms with E-state index < -0.39 is 5.60 Å². The van der Waals surface area contributed by atoms with Crippen molar-refractivity contribution in [2.45, 2.75) is 43.6 Å². The van der Waals surface area contributed by atoms with Gasteiger partial charge in [0.15, 0.2) is 0 Å². The molecule has 3 aromatic rings. The van der Waals surface area contributed by atoms with Crippen LogP contribution in [0.3, 0.4) is 0 Å². The Morgan fingerprint density at radius 1 is 1.23 bits per heavy atom. The molecule has 1 amide bonds. The summed E-state index contributed by atoms with van der Waals surface area (Å²) in [4.78, 5) is 16.8. The van der Waals surface area contributed by atoms with Gasteiger partial charge in [-0.15, -0.1) is 0 Å². The molecule has 1 fully saturated rings. The molecule has 4 N–H and O–H groups in total. The Hall–Kier alpha value is -2.70. The predicted molar refractivity (Wildman–Crippen MR) is 117 cm³/mol. The third-order valence-electron chi connectivity index (χ3n) is 5.87. The summed E-state index contributed by atoms with van der Waals surface area (Å²) >= 11 is 5.96. The zero-order valence-corrected chi connectivity index (χ0v) is 17.1. The fourth-order valence-corrected chi connectivity index (χ4v) is 4.44. The number of nitrogens with one attached hydrogen (secondary N) is 1. The maximum Gasteiger partial charge on any atom is 0.227 e. The van der Waals surface area contributed by atoms with Gasteiger partial charge in [-0.3, -0.25) is 9.78 Å². The van der Waals surface area contributed by atoms with E-state index in [0.29, 0.717) is 42.1 Å². The van der Waals surface area contributed by atoms with E-state index in [0.717, 1.165) is 16.5 Å². The second-order valence-electron chi connectivity index (χ2n) is 8.02. The van der Waals surface area contributed by atoms with Crippen LogP contribution in [-0.4, -0.2) is 21.6 Å².